The maximum atomic E-state index is 14.0. The largest absolute Gasteiger partial charge is 0.391 e. The minimum absolute atomic E-state index is 0.0315. The van der Waals surface area contributed by atoms with E-state index >= 15 is 0 Å². The fraction of sp³-hybridized carbons (Fsp3) is 0.143. The highest BCUT2D eigenvalue weighted by Crippen LogP contribution is 2.29. The molecule has 0 unspecified atom stereocenters. The summed E-state index contributed by atoms with van der Waals surface area (Å²) in [6.07, 6.45) is 0. The number of aromatic nitrogens is 1. The summed E-state index contributed by atoms with van der Waals surface area (Å²) in [7, 11) is 0. The lowest BCUT2D eigenvalue weighted by atomic mass is 10.2. The van der Waals surface area contributed by atoms with E-state index in [0.717, 1.165) is 11.6 Å². The van der Waals surface area contributed by atoms with Gasteiger partial charge in [-0.2, -0.15) is 5.26 Å². The molecule has 0 fully saturated rings. The maximum Gasteiger partial charge on any atom is 0.295 e. The average Bonchev–Trinajstić information content (AvgIpc) is 2.49. The molecule has 0 bridgehead atoms. The number of hydrogen-bond acceptors (Lipinski definition) is 6. The number of aryl methyl sites for hydroxylation is 1. The van der Waals surface area contributed by atoms with Crippen LogP contribution in [0.25, 0.3) is 0 Å². The van der Waals surface area contributed by atoms with Crippen molar-refractivity contribution in [3.63, 3.8) is 0 Å². The zero-order valence-corrected chi connectivity index (χ0v) is 11.6. The molecule has 112 valence electrons. The summed E-state index contributed by atoms with van der Waals surface area (Å²) in [6, 6.07) is 7.78. The molecule has 0 spiro atoms. The first-order valence-electron chi connectivity index (χ1n) is 6.27. The molecule has 22 heavy (non-hydrogen) atoms. The van der Waals surface area contributed by atoms with Gasteiger partial charge in [0.2, 0.25) is 0 Å². The molecule has 8 heteroatoms. The number of nitrogens with two attached hydrogens (primary N) is 1. The number of nitrogens with one attached hydrogen (secondary N) is 1. The topological polar surface area (TPSA) is 118 Å². The molecule has 2 rings (SSSR count). The molecule has 0 atom stereocenters. The Kier molecular flexibility index (Phi) is 4.18. The first-order chi connectivity index (χ1) is 10.4. The van der Waals surface area contributed by atoms with E-state index in [0.29, 0.717) is 11.4 Å². The summed E-state index contributed by atoms with van der Waals surface area (Å²) in [5, 5.41) is 22.3. The van der Waals surface area contributed by atoms with Crippen LogP contribution in [-0.2, 0) is 6.54 Å². The van der Waals surface area contributed by atoms with Gasteiger partial charge >= 0.3 is 0 Å². The van der Waals surface area contributed by atoms with Crippen molar-refractivity contribution in [2.45, 2.75) is 13.5 Å². The molecule has 0 saturated heterocycles. The molecule has 1 heterocycles. The molecular formula is C14H12FN5O2. The van der Waals surface area contributed by atoms with Crippen molar-refractivity contribution in [3.05, 3.63) is 57.1 Å². The number of nitrogens with zero attached hydrogens (tertiary/aromatic N) is 3. The van der Waals surface area contributed by atoms with Crippen molar-refractivity contribution in [3.8, 4) is 6.07 Å². The molecule has 0 saturated carbocycles. The Bertz CT molecular complexity index is 786. The molecule has 1 aromatic carbocycles. The van der Waals surface area contributed by atoms with Crippen LogP contribution in [0.4, 0.5) is 21.5 Å². The van der Waals surface area contributed by atoms with E-state index in [2.05, 4.69) is 10.3 Å². The van der Waals surface area contributed by atoms with Crippen LogP contribution >= 0.6 is 0 Å². The van der Waals surface area contributed by atoms with Crippen molar-refractivity contribution >= 4 is 17.1 Å². The zero-order chi connectivity index (χ0) is 16.3. The third-order valence-corrected chi connectivity index (χ3v) is 3.07. The van der Waals surface area contributed by atoms with Gasteiger partial charge in [-0.05, 0) is 24.6 Å². The van der Waals surface area contributed by atoms with Crippen LogP contribution in [0.1, 0.15) is 17.0 Å². The van der Waals surface area contributed by atoms with E-state index in [-0.39, 0.29) is 12.2 Å². The van der Waals surface area contributed by atoms with Crippen molar-refractivity contribution in [2.75, 3.05) is 11.1 Å². The Morgan fingerprint density at radius 3 is 2.82 bits per heavy atom. The number of nitrogen functional groups attached to an aromatic ring is 1. The second-order valence-electron chi connectivity index (χ2n) is 4.55. The summed E-state index contributed by atoms with van der Waals surface area (Å²) in [4.78, 5) is 14.0. The highest BCUT2D eigenvalue weighted by Gasteiger charge is 2.18. The highest BCUT2D eigenvalue weighted by atomic mass is 19.1. The number of nitro groups is 1. The van der Waals surface area contributed by atoms with Gasteiger partial charge in [-0.15, -0.1) is 0 Å². The number of pyridine rings is 1. The number of anilines is 2. The molecule has 0 aliphatic heterocycles. The van der Waals surface area contributed by atoms with E-state index in [9.17, 15) is 14.5 Å². The molecule has 0 amide bonds. The molecule has 0 aliphatic rings. The van der Waals surface area contributed by atoms with Gasteiger partial charge in [0.05, 0.1) is 22.8 Å². The fourth-order valence-corrected chi connectivity index (χ4v) is 1.85. The van der Waals surface area contributed by atoms with E-state index in [1.165, 1.54) is 6.07 Å². The van der Waals surface area contributed by atoms with E-state index < -0.39 is 22.1 Å². The highest BCUT2D eigenvalue weighted by molar-refractivity contribution is 5.67. The van der Waals surface area contributed by atoms with Gasteiger partial charge in [-0.3, -0.25) is 10.1 Å². The Morgan fingerprint density at radius 2 is 2.18 bits per heavy atom. The molecule has 1 aromatic heterocycles. The van der Waals surface area contributed by atoms with E-state index in [1.54, 1.807) is 19.1 Å². The molecule has 0 radical (unpaired) electrons. The monoisotopic (exact) mass is 301 g/mol. The summed E-state index contributed by atoms with van der Waals surface area (Å²) >= 11 is 0. The number of nitro benzene ring substituents is 1. The zero-order valence-electron chi connectivity index (χ0n) is 11.6. The number of rotatable bonds is 4. The third kappa shape index (κ3) is 2.93. The van der Waals surface area contributed by atoms with Crippen LogP contribution in [0.2, 0.25) is 0 Å². The predicted octanol–water partition coefficient (Wildman–Crippen LogP) is 2.50. The lowest BCUT2D eigenvalue weighted by Gasteiger charge is -2.09. The molecule has 2 aromatic rings. The molecule has 3 N–H and O–H groups in total. The molecular weight excluding hydrogens is 289 g/mol. The minimum atomic E-state index is -0.887. The van der Waals surface area contributed by atoms with Crippen molar-refractivity contribution in [1.29, 1.82) is 5.26 Å². The van der Waals surface area contributed by atoms with E-state index in [1.807, 2.05) is 6.07 Å². The van der Waals surface area contributed by atoms with Crippen molar-refractivity contribution in [1.82, 2.24) is 4.98 Å². The number of benzene rings is 1. The van der Waals surface area contributed by atoms with Gasteiger partial charge in [0.15, 0.2) is 5.82 Å². The Morgan fingerprint density at radius 1 is 1.45 bits per heavy atom. The van der Waals surface area contributed by atoms with Gasteiger partial charge in [-0.1, -0.05) is 6.07 Å². The second-order valence-corrected chi connectivity index (χ2v) is 4.55. The SMILES string of the molecule is Cc1ccc(CNc2ccc([N+](=O)[O-])c(N)c2F)nc1C#N. The maximum absolute atomic E-state index is 14.0. The van der Waals surface area contributed by atoms with Crippen LogP contribution in [0, 0.1) is 34.2 Å². The van der Waals surface area contributed by atoms with Gasteiger partial charge < -0.3 is 11.1 Å². The lowest BCUT2D eigenvalue weighted by molar-refractivity contribution is -0.384. The lowest BCUT2D eigenvalue weighted by Crippen LogP contribution is -2.07. The predicted molar refractivity (Wildman–Crippen MR) is 78.5 cm³/mol. The normalized spacial score (nSPS) is 10.0. The summed E-state index contributed by atoms with van der Waals surface area (Å²) in [6.45, 7) is 1.92. The number of nitriles is 1. The van der Waals surface area contributed by atoms with Crippen molar-refractivity contribution in [2.24, 2.45) is 0 Å². The van der Waals surface area contributed by atoms with Gasteiger partial charge in [0.25, 0.3) is 5.69 Å². The Labute approximate surface area is 125 Å². The van der Waals surface area contributed by atoms with Gasteiger partial charge in [-0.25, -0.2) is 9.37 Å². The molecule has 0 aliphatic carbocycles. The minimum Gasteiger partial charge on any atom is -0.391 e. The van der Waals surface area contributed by atoms with Gasteiger partial charge in [0.1, 0.15) is 17.5 Å². The first kappa shape index (κ1) is 15.2. The Hall–Kier alpha value is -3.21. The average molecular weight is 301 g/mol. The van der Waals surface area contributed by atoms with E-state index in [4.69, 9.17) is 11.0 Å². The fourth-order valence-electron chi connectivity index (χ4n) is 1.85. The Balaban J connectivity index is 2.21. The summed E-state index contributed by atoms with van der Waals surface area (Å²) < 4.78 is 14.0. The summed E-state index contributed by atoms with van der Waals surface area (Å²) in [5.74, 6) is -0.887. The van der Waals surface area contributed by atoms with Crippen LogP contribution in [0.3, 0.4) is 0 Å². The first-order valence-corrected chi connectivity index (χ1v) is 6.27. The smallest absolute Gasteiger partial charge is 0.295 e. The number of hydrogen-bond donors (Lipinski definition) is 2. The van der Waals surface area contributed by atoms with Crippen LogP contribution < -0.4 is 11.1 Å². The van der Waals surface area contributed by atoms with Crippen LogP contribution in [-0.4, -0.2) is 9.91 Å². The number of halogens is 1. The summed E-state index contributed by atoms with van der Waals surface area (Å²) in [5.41, 5.74) is 6.01. The second kappa shape index (κ2) is 6.05. The standard InChI is InChI=1S/C14H12FN5O2/c1-8-2-3-9(19-11(8)6-16)7-18-10-4-5-12(20(21)22)14(17)13(10)15/h2-5,18H,7,17H2,1H3. The third-order valence-electron chi connectivity index (χ3n) is 3.07. The quantitative estimate of drug-likeness (QED) is 0.509. The van der Waals surface area contributed by atoms with Crippen LogP contribution in [0.5, 0.6) is 0 Å². The van der Waals surface area contributed by atoms with Crippen LogP contribution in [0.15, 0.2) is 24.3 Å². The van der Waals surface area contributed by atoms with Gasteiger partial charge in [0, 0.05) is 6.07 Å². The molecule has 7 nitrogen and oxygen atoms in total. The van der Waals surface area contributed by atoms with Crippen molar-refractivity contribution < 1.29 is 9.31 Å².